The lowest BCUT2D eigenvalue weighted by Crippen LogP contribution is -3.08. The number of carbonyl (C=O) groups excluding carboxylic acids is 1. The zero-order valence-corrected chi connectivity index (χ0v) is 21.6. The van der Waals surface area contributed by atoms with E-state index in [4.69, 9.17) is 0 Å². The molecule has 36 heavy (non-hydrogen) atoms. The van der Waals surface area contributed by atoms with Gasteiger partial charge in [0.05, 0.1) is 35.3 Å². The van der Waals surface area contributed by atoms with Gasteiger partial charge in [-0.05, 0) is 36.8 Å². The molecule has 0 radical (unpaired) electrons. The molecule has 2 aromatic carbocycles. The van der Waals surface area contributed by atoms with Crippen LogP contribution in [0, 0.1) is 6.92 Å². The largest absolute Gasteiger partial charge is 0.333 e. The minimum atomic E-state index is -0.121. The third-order valence-electron chi connectivity index (χ3n) is 6.45. The van der Waals surface area contributed by atoms with Crippen molar-refractivity contribution in [2.45, 2.75) is 25.0 Å². The van der Waals surface area contributed by atoms with Crippen molar-refractivity contribution in [2.75, 3.05) is 24.7 Å². The molecule has 0 saturated carbocycles. The van der Waals surface area contributed by atoms with Gasteiger partial charge in [-0.15, -0.1) is 21.5 Å². The fourth-order valence-corrected chi connectivity index (χ4v) is 6.88. The van der Waals surface area contributed by atoms with Crippen LogP contribution in [0.3, 0.4) is 0 Å². The van der Waals surface area contributed by atoms with Crippen LogP contribution < -0.4 is 15.8 Å². The fraction of sp³-hybridized carbons (Fsp3) is 0.231. The third-order valence-corrected chi connectivity index (χ3v) is 8.60. The van der Waals surface area contributed by atoms with Gasteiger partial charge in [0.25, 0.3) is 5.56 Å². The summed E-state index contributed by atoms with van der Waals surface area (Å²) in [5.41, 5.74) is 3.71. The highest BCUT2D eigenvalue weighted by molar-refractivity contribution is 7.99. The molecule has 0 saturated heterocycles. The van der Waals surface area contributed by atoms with Gasteiger partial charge in [0.1, 0.15) is 11.4 Å². The molecule has 6 rings (SSSR count). The first-order chi connectivity index (χ1) is 17.5. The standard InChI is InChI=1S/C26H24N6O2S2/c1-16-8-10-17(11-9-16)27-21(33)15-35-26-29-28-25-31(18-6-4-3-5-7-18)23(34)22-19-12-13-30(2)14-20(19)36-24(22)32(25)26/h3-11H,12-15H2,1-2H3,(H,27,33)/p+1. The first-order valence-corrected chi connectivity index (χ1v) is 13.6. The summed E-state index contributed by atoms with van der Waals surface area (Å²) < 4.78 is 3.59. The van der Waals surface area contributed by atoms with Crippen LogP contribution in [0.5, 0.6) is 0 Å². The zero-order valence-electron chi connectivity index (χ0n) is 19.9. The maximum absolute atomic E-state index is 13.9. The maximum Gasteiger partial charge on any atom is 0.268 e. The van der Waals surface area contributed by atoms with E-state index < -0.39 is 0 Å². The average Bonchev–Trinajstić information content (AvgIpc) is 3.46. The number of fused-ring (bicyclic) bond motifs is 5. The van der Waals surface area contributed by atoms with Crippen molar-refractivity contribution in [3.05, 3.63) is 81.0 Å². The van der Waals surface area contributed by atoms with Crippen molar-refractivity contribution in [2.24, 2.45) is 0 Å². The second-order valence-electron chi connectivity index (χ2n) is 9.11. The quantitative estimate of drug-likeness (QED) is 0.350. The molecule has 1 aliphatic rings. The van der Waals surface area contributed by atoms with Crippen LogP contribution in [0.25, 0.3) is 21.7 Å². The second kappa shape index (κ2) is 9.20. The number of nitrogens with zero attached hydrogens (tertiary/aromatic N) is 4. The number of quaternary nitrogens is 1. The molecule has 5 aromatic rings. The topological polar surface area (TPSA) is 85.7 Å². The van der Waals surface area contributed by atoms with E-state index >= 15 is 0 Å². The van der Waals surface area contributed by atoms with Gasteiger partial charge in [0, 0.05) is 12.1 Å². The Morgan fingerprint density at radius 1 is 1.14 bits per heavy atom. The van der Waals surface area contributed by atoms with Crippen molar-refractivity contribution < 1.29 is 9.69 Å². The van der Waals surface area contributed by atoms with Gasteiger partial charge in [0.15, 0.2) is 5.16 Å². The first kappa shape index (κ1) is 23.0. The highest BCUT2D eigenvalue weighted by Crippen LogP contribution is 2.33. The van der Waals surface area contributed by atoms with Gasteiger partial charge in [-0.2, -0.15) is 0 Å². The Morgan fingerprint density at radius 2 is 1.92 bits per heavy atom. The summed E-state index contributed by atoms with van der Waals surface area (Å²) in [5.74, 6) is 0.516. The van der Waals surface area contributed by atoms with Crippen LogP contribution in [-0.4, -0.2) is 44.4 Å². The number of benzene rings is 2. The minimum Gasteiger partial charge on any atom is -0.333 e. The van der Waals surface area contributed by atoms with Crippen LogP contribution in [0.4, 0.5) is 5.69 Å². The first-order valence-electron chi connectivity index (χ1n) is 11.8. The lowest BCUT2D eigenvalue weighted by atomic mass is 10.1. The van der Waals surface area contributed by atoms with Gasteiger partial charge < -0.3 is 10.2 Å². The second-order valence-corrected chi connectivity index (χ2v) is 11.1. The molecule has 10 heteroatoms. The molecule has 4 heterocycles. The summed E-state index contributed by atoms with van der Waals surface area (Å²) in [4.78, 5) is 30.1. The number of para-hydroxylation sites is 1. The summed E-state index contributed by atoms with van der Waals surface area (Å²) in [6.45, 7) is 3.89. The number of rotatable bonds is 5. The number of hydrogen-bond acceptors (Lipinski definition) is 6. The van der Waals surface area contributed by atoms with E-state index in [1.54, 1.807) is 15.9 Å². The van der Waals surface area contributed by atoms with Gasteiger partial charge in [-0.25, -0.2) is 8.97 Å². The Hall–Kier alpha value is -3.47. The minimum absolute atomic E-state index is 0.0678. The monoisotopic (exact) mass is 517 g/mol. The summed E-state index contributed by atoms with van der Waals surface area (Å²) >= 11 is 2.96. The van der Waals surface area contributed by atoms with E-state index in [0.29, 0.717) is 10.9 Å². The van der Waals surface area contributed by atoms with E-state index in [-0.39, 0.29) is 17.2 Å². The lowest BCUT2D eigenvalue weighted by Gasteiger charge is -2.19. The van der Waals surface area contributed by atoms with Crippen molar-refractivity contribution in [3.63, 3.8) is 0 Å². The van der Waals surface area contributed by atoms with E-state index in [9.17, 15) is 9.59 Å². The van der Waals surface area contributed by atoms with Gasteiger partial charge in [0.2, 0.25) is 11.7 Å². The number of aryl methyl sites for hydroxylation is 1. The number of aromatic nitrogens is 4. The van der Waals surface area contributed by atoms with Crippen molar-refractivity contribution in [1.82, 2.24) is 19.2 Å². The molecule has 1 amide bonds. The van der Waals surface area contributed by atoms with Crippen LogP contribution in [-0.2, 0) is 17.8 Å². The zero-order chi connectivity index (χ0) is 24.8. The summed E-state index contributed by atoms with van der Waals surface area (Å²) in [5, 5.41) is 13.1. The molecule has 0 fully saturated rings. The fourth-order valence-electron chi connectivity index (χ4n) is 4.64. The molecule has 3 aromatic heterocycles. The van der Waals surface area contributed by atoms with Crippen LogP contribution >= 0.6 is 23.1 Å². The SMILES string of the molecule is Cc1ccc(NC(=O)CSc2nnc3n(-c4ccccc4)c(=O)c4c5c(sc4n23)C[NH+](C)CC5)cc1. The van der Waals surface area contributed by atoms with E-state index in [0.717, 1.165) is 52.2 Å². The Bertz CT molecular complexity index is 1650. The predicted octanol–water partition coefficient (Wildman–Crippen LogP) is 2.70. The molecular weight excluding hydrogens is 492 g/mol. The summed E-state index contributed by atoms with van der Waals surface area (Å²) in [7, 11) is 2.18. The van der Waals surface area contributed by atoms with Gasteiger partial charge in [-0.1, -0.05) is 47.7 Å². The van der Waals surface area contributed by atoms with Gasteiger partial charge >= 0.3 is 0 Å². The molecule has 0 spiro atoms. The van der Waals surface area contributed by atoms with Crippen molar-refractivity contribution in [3.8, 4) is 5.69 Å². The molecular formula is C26H25N6O2S2+. The number of nitrogens with one attached hydrogen (secondary N) is 2. The number of anilines is 1. The molecule has 8 nitrogen and oxygen atoms in total. The Morgan fingerprint density at radius 3 is 2.69 bits per heavy atom. The molecule has 0 aliphatic carbocycles. The molecule has 182 valence electrons. The van der Waals surface area contributed by atoms with Crippen molar-refractivity contribution >= 4 is 50.7 Å². The molecule has 1 unspecified atom stereocenters. The summed E-state index contributed by atoms with van der Waals surface area (Å²) in [6, 6.07) is 17.3. The highest BCUT2D eigenvalue weighted by atomic mass is 32.2. The lowest BCUT2D eigenvalue weighted by molar-refractivity contribution is -0.895. The van der Waals surface area contributed by atoms with E-state index in [1.807, 2.05) is 65.9 Å². The number of likely N-dealkylation sites (N-methyl/N-ethyl adjacent to an activating group) is 1. The maximum atomic E-state index is 13.9. The summed E-state index contributed by atoms with van der Waals surface area (Å²) in [6.07, 6.45) is 0.861. The molecule has 2 N–H and O–H groups in total. The number of thiophene rings is 1. The van der Waals surface area contributed by atoms with Gasteiger partial charge in [-0.3, -0.25) is 9.59 Å². The molecule has 1 atom stereocenters. The average molecular weight is 518 g/mol. The molecule has 1 aliphatic heterocycles. The Kier molecular flexibility index (Phi) is 5.87. The Balaban J connectivity index is 1.44. The normalized spacial score (nSPS) is 15.3. The number of carbonyl (C=O) groups is 1. The predicted molar refractivity (Wildman–Crippen MR) is 144 cm³/mol. The highest BCUT2D eigenvalue weighted by Gasteiger charge is 2.28. The third kappa shape index (κ3) is 4.01. The number of amides is 1. The number of hydrogen-bond donors (Lipinski definition) is 2. The van der Waals surface area contributed by atoms with E-state index in [1.165, 1.54) is 21.5 Å². The van der Waals surface area contributed by atoms with Crippen LogP contribution in [0.15, 0.2) is 64.5 Å². The van der Waals surface area contributed by atoms with Crippen LogP contribution in [0.1, 0.15) is 16.0 Å². The Labute approximate surface area is 215 Å². The smallest absolute Gasteiger partial charge is 0.268 e. The van der Waals surface area contributed by atoms with E-state index in [2.05, 4.69) is 22.6 Å². The van der Waals surface area contributed by atoms with Crippen molar-refractivity contribution in [1.29, 1.82) is 0 Å². The number of thioether (sulfide) groups is 1. The molecule has 0 bridgehead atoms. The van der Waals surface area contributed by atoms with Crippen LogP contribution in [0.2, 0.25) is 0 Å².